The third-order valence-corrected chi connectivity index (χ3v) is 3.54. The zero-order valence-corrected chi connectivity index (χ0v) is 10.1. The van der Waals surface area contributed by atoms with Gasteiger partial charge in [0.2, 0.25) is 0 Å². The Kier molecular flexibility index (Phi) is 2.69. The number of aryl methyl sites for hydroxylation is 1. The van der Waals surface area contributed by atoms with Crippen LogP contribution in [0.4, 0.5) is 0 Å². The fraction of sp³-hybridized carbons (Fsp3) is 0.250. The molecule has 0 saturated carbocycles. The Hall–Kier alpha value is -1.60. The van der Waals surface area contributed by atoms with Gasteiger partial charge >= 0.3 is 0 Å². The van der Waals surface area contributed by atoms with Crippen molar-refractivity contribution in [1.29, 1.82) is 0 Å². The summed E-state index contributed by atoms with van der Waals surface area (Å²) in [6, 6.07) is 17.6. The molecular formula is C16H17N. The predicted molar refractivity (Wildman–Crippen MR) is 71.2 cm³/mol. The van der Waals surface area contributed by atoms with Gasteiger partial charge in [0.25, 0.3) is 0 Å². The maximum absolute atomic E-state index is 3.51. The highest BCUT2D eigenvalue weighted by Gasteiger charge is 2.20. The number of hydrogen-bond donors (Lipinski definition) is 1. The molecule has 3 rings (SSSR count). The van der Waals surface area contributed by atoms with Crippen molar-refractivity contribution in [3.8, 4) is 0 Å². The summed E-state index contributed by atoms with van der Waals surface area (Å²) in [5.74, 6) is 0.500. The van der Waals surface area contributed by atoms with Gasteiger partial charge in [-0.05, 0) is 23.6 Å². The summed E-state index contributed by atoms with van der Waals surface area (Å²) in [6.07, 6.45) is 0. The van der Waals surface area contributed by atoms with Gasteiger partial charge in [-0.25, -0.2) is 0 Å². The quantitative estimate of drug-likeness (QED) is 0.782. The van der Waals surface area contributed by atoms with Crippen LogP contribution in [0.15, 0.2) is 48.5 Å². The molecule has 0 spiro atoms. The van der Waals surface area contributed by atoms with E-state index in [1.165, 1.54) is 22.3 Å². The molecule has 0 radical (unpaired) electrons. The lowest BCUT2D eigenvalue weighted by Gasteiger charge is -2.27. The average Bonchev–Trinajstić information content (AvgIpc) is 2.39. The van der Waals surface area contributed by atoms with Gasteiger partial charge in [0.05, 0.1) is 0 Å². The normalized spacial score (nSPS) is 18.8. The molecule has 1 aliphatic heterocycles. The first-order valence-corrected chi connectivity index (χ1v) is 6.19. The molecule has 1 aliphatic rings. The standard InChI is InChI=1S/C16H17N/c1-12-7-8-14-10-17-11-16(15(14)9-12)13-5-3-2-4-6-13/h2-9,16-17H,10-11H2,1H3/t16-/m0/s1. The van der Waals surface area contributed by atoms with Crippen LogP contribution in [-0.2, 0) is 6.54 Å². The summed E-state index contributed by atoms with van der Waals surface area (Å²) in [7, 11) is 0. The van der Waals surface area contributed by atoms with Crippen molar-refractivity contribution in [3.05, 3.63) is 70.8 Å². The molecule has 1 heteroatoms. The summed E-state index contributed by atoms with van der Waals surface area (Å²) in [5.41, 5.74) is 5.70. The molecule has 1 N–H and O–H groups in total. The van der Waals surface area contributed by atoms with Gasteiger partial charge in [-0.3, -0.25) is 0 Å². The summed E-state index contributed by atoms with van der Waals surface area (Å²) in [6.45, 7) is 4.21. The number of fused-ring (bicyclic) bond motifs is 1. The molecule has 0 bridgehead atoms. The molecule has 1 heterocycles. The van der Waals surface area contributed by atoms with Crippen molar-refractivity contribution < 1.29 is 0 Å². The van der Waals surface area contributed by atoms with Crippen LogP contribution in [0.25, 0.3) is 0 Å². The van der Waals surface area contributed by atoms with Crippen LogP contribution < -0.4 is 5.32 Å². The number of hydrogen-bond acceptors (Lipinski definition) is 1. The molecule has 0 amide bonds. The minimum Gasteiger partial charge on any atom is -0.312 e. The van der Waals surface area contributed by atoms with Crippen molar-refractivity contribution in [2.24, 2.45) is 0 Å². The second-order valence-electron chi connectivity index (χ2n) is 4.80. The molecule has 0 fully saturated rings. The van der Waals surface area contributed by atoms with Crippen LogP contribution in [-0.4, -0.2) is 6.54 Å². The van der Waals surface area contributed by atoms with Crippen LogP contribution >= 0.6 is 0 Å². The van der Waals surface area contributed by atoms with E-state index in [9.17, 15) is 0 Å². The van der Waals surface area contributed by atoms with Gasteiger partial charge in [0.1, 0.15) is 0 Å². The Balaban J connectivity index is 2.08. The molecule has 1 atom stereocenters. The number of rotatable bonds is 1. The largest absolute Gasteiger partial charge is 0.312 e. The van der Waals surface area contributed by atoms with Crippen molar-refractivity contribution in [2.45, 2.75) is 19.4 Å². The molecule has 1 nitrogen and oxygen atoms in total. The topological polar surface area (TPSA) is 12.0 Å². The lowest BCUT2D eigenvalue weighted by molar-refractivity contribution is 0.591. The molecule has 0 unspecified atom stereocenters. The van der Waals surface area contributed by atoms with Crippen LogP contribution in [0.1, 0.15) is 28.2 Å². The van der Waals surface area contributed by atoms with Gasteiger partial charge in [0, 0.05) is 19.0 Å². The predicted octanol–water partition coefficient (Wildman–Crippen LogP) is 3.23. The monoisotopic (exact) mass is 223 g/mol. The van der Waals surface area contributed by atoms with Gasteiger partial charge in [-0.2, -0.15) is 0 Å². The zero-order chi connectivity index (χ0) is 11.7. The fourth-order valence-corrected chi connectivity index (χ4v) is 2.64. The third kappa shape index (κ3) is 1.98. The maximum atomic E-state index is 3.51. The van der Waals surface area contributed by atoms with Crippen LogP contribution in [0.2, 0.25) is 0 Å². The highest BCUT2D eigenvalue weighted by Crippen LogP contribution is 2.30. The van der Waals surface area contributed by atoms with Gasteiger partial charge < -0.3 is 5.32 Å². The summed E-state index contributed by atoms with van der Waals surface area (Å²) < 4.78 is 0. The van der Waals surface area contributed by atoms with Crippen molar-refractivity contribution >= 4 is 0 Å². The average molecular weight is 223 g/mol. The second kappa shape index (κ2) is 4.34. The summed E-state index contributed by atoms with van der Waals surface area (Å²) in [5, 5.41) is 3.51. The van der Waals surface area contributed by atoms with Gasteiger partial charge in [-0.1, -0.05) is 54.1 Å². The van der Waals surface area contributed by atoms with Gasteiger partial charge in [-0.15, -0.1) is 0 Å². The first-order chi connectivity index (χ1) is 8.34. The molecule has 2 aromatic rings. The zero-order valence-electron chi connectivity index (χ0n) is 10.1. The molecule has 2 aromatic carbocycles. The van der Waals surface area contributed by atoms with Crippen LogP contribution in [0.5, 0.6) is 0 Å². The first-order valence-electron chi connectivity index (χ1n) is 6.19. The lowest BCUT2D eigenvalue weighted by atomic mass is 9.85. The van der Waals surface area contributed by atoms with E-state index in [0.29, 0.717) is 5.92 Å². The Bertz CT molecular complexity index is 516. The van der Waals surface area contributed by atoms with Crippen LogP contribution in [0, 0.1) is 6.92 Å². The smallest absolute Gasteiger partial charge is 0.0218 e. The van der Waals surface area contributed by atoms with E-state index in [2.05, 4.69) is 60.8 Å². The van der Waals surface area contributed by atoms with E-state index in [0.717, 1.165) is 13.1 Å². The van der Waals surface area contributed by atoms with E-state index in [4.69, 9.17) is 0 Å². The van der Waals surface area contributed by atoms with Gasteiger partial charge in [0.15, 0.2) is 0 Å². The first kappa shape index (κ1) is 10.5. The molecule has 17 heavy (non-hydrogen) atoms. The van der Waals surface area contributed by atoms with E-state index in [-0.39, 0.29) is 0 Å². The Morgan fingerprint density at radius 1 is 1.06 bits per heavy atom. The van der Waals surface area contributed by atoms with Crippen molar-refractivity contribution in [3.63, 3.8) is 0 Å². The summed E-state index contributed by atoms with van der Waals surface area (Å²) in [4.78, 5) is 0. The highest BCUT2D eigenvalue weighted by molar-refractivity contribution is 5.42. The maximum Gasteiger partial charge on any atom is 0.0218 e. The lowest BCUT2D eigenvalue weighted by Crippen LogP contribution is -2.28. The van der Waals surface area contributed by atoms with E-state index in [1.54, 1.807) is 0 Å². The number of benzene rings is 2. The van der Waals surface area contributed by atoms with Crippen molar-refractivity contribution in [1.82, 2.24) is 5.32 Å². The molecule has 0 aliphatic carbocycles. The Morgan fingerprint density at radius 2 is 1.88 bits per heavy atom. The van der Waals surface area contributed by atoms with Crippen LogP contribution in [0.3, 0.4) is 0 Å². The van der Waals surface area contributed by atoms with E-state index < -0.39 is 0 Å². The SMILES string of the molecule is Cc1ccc2c(c1)[C@H](c1ccccc1)CNC2. The van der Waals surface area contributed by atoms with E-state index >= 15 is 0 Å². The Labute approximate surface area is 102 Å². The Morgan fingerprint density at radius 3 is 2.71 bits per heavy atom. The molecular weight excluding hydrogens is 206 g/mol. The molecule has 86 valence electrons. The minimum absolute atomic E-state index is 0.500. The summed E-state index contributed by atoms with van der Waals surface area (Å²) >= 11 is 0. The molecule has 0 aromatic heterocycles. The molecule has 0 saturated heterocycles. The number of nitrogens with one attached hydrogen (secondary N) is 1. The second-order valence-corrected chi connectivity index (χ2v) is 4.80. The minimum atomic E-state index is 0.500. The van der Waals surface area contributed by atoms with Crippen molar-refractivity contribution in [2.75, 3.05) is 6.54 Å². The van der Waals surface area contributed by atoms with E-state index in [1.807, 2.05) is 0 Å². The fourth-order valence-electron chi connectivity index (χ4n) is 2.64. The third-order valence-electron chi connectivity index (χ3n) is 3.54. The highest BCUT2D eigenvalue weighted by atomic mass is 14.9.